The quantitative estimate of drug-likeness (QED) is 0.616. The first kappa shape index (κ1) is 13.2. The number of hydrogen-bond acceptors (Lipinski definition) is 3. The molecule has 0 spiro atoms. The van der Waals surface area contributed by atoms with Gasteiger partial charge in [-0.15, -0.1) is 0 Å². The zero-order chi connectivity index (χ0) is 12.0. The summed E-state index contributed by atoms with van der Waals surface area (Å²) in [5.41, 5.74) is 0.815. The largest absolute Gasteiger partial charge is 0.478 e. The number of carboxylic acids is 1. The van der Waals surface area contributed by atoms with Gasteiger partial charge in [0.05, 0.1) is 0 Å². The number of nitrogens with one attached hydrogen (secondary N) is 1. The van der Waals surface area contributed by atoms with E-state index in [9.17, 15) is 9.90 Å². The molecule has 0 amide bonds. The van der Waals surface area contributed by atoms with Crippen molar-refractivity contribution in [3.63, 3.8) is 0 Å². The number of rotatable bonds is 5. The number of aliphatic hydroxyl groups excluding tert-OH is 1. The van der Waals surface area contributed by atoms with E-state index in [1.165, 1.54) is 18.9 Å². The molecule has 0 heterocycles. The molecule has 3 N–H and O–H groups in total. The first-order valence-corrected chi connectivity index (χ1v) is 5.88. The van der Waals surface area contributed by atoms with E-state index in [1.54, 1.807) is 6.92 Å². The Morgan fingerprint density at radius 3 is 2.75 bits per heavy atom. The summed E-state index contributed by atoms with van der Waals surface area (Å²) in [5, 5.41) is 21.1. The number of hydrogen-bond donors (Lipinski definition) is 3. The minimum absolute atomic E-state index is 0.222. The molecule has 0 radical (unpaired) electrons. The maximum absolute atomic E-state index is 10.4. The van der Waals surface area contributed by atoms with Gasteiger partial charge in [-0.2, -0.15) is 0 Å². The minimum atomic E-state index is -0.901. The van der Waals surface area contributed by atoms with Gasteiger partial charge < -0.3 is 15.5 Å². The van der Waals surface area contributed by atoms with Gasteiger partial charge >= 0.3 is 5.97 Å². The van der Waals surface area contributed by atoms with Crippen LogP contribution in [0.4, 0.5) is 0 Å². The van der Waals surface area contributed by atoms with Crippen LogP contribution in [0.3, 0.4) is 0 Å². The summed E-state index contributed by atoms with van der Waals surface area (Å²) in [5.74, 6) is -0.576. The number of carboxylic acid groups (broad SMARTS) is 1. The van der Waals surface area contributed by atoms with Gasteiger partial charge in [0.25, 0.3) is 0 Å². The summed E-state index contributed by atoms with van der Waals surface area (Å²) in [6, 6.07) is 0.330. The topological polar surface area (TPSA) is 69.6 Å². The molecule has 1 aliphatic rings. The van der Waals surface area contributed by atoms with E-state index in [2.05, 4.69) is 5.32 Å². The minimum Gasteiger partial charge on any atom is -0.478 e. The molecule has 4 nitrogen and oxygen atoms in total. The monoisotopic (exact) mass is 227 g/mol. The Labute approximate surface area is 96.4 Å². The number of aliphatic hydroxyl groups is 1. The summed E-state index contributed by atoms with van der Waals surface area (Å²) >= 11 is 0. The highest BCUT2D eigenvalue weighted by atomic mass is 16.4. The van der Waals surface area contributed by atoms with Crippen molar-refractivity contribution < 1.29 is 15.0 Å². The first-order chi connectivity index (χ1) is 7.63. The molecular weight excluding hydrogens is 206 g/mol. The van der Waals surface area contributed by atoms with Crippen molar-refractivity contribution in [2.24, 2.45) is 5.92 Å². The van der Waals surface area contributed by atoms with E-state index in [-0.39, 0.29) is 6.61 Å². The fourth-order valence-corrected chi connectivity index (χ4v) is 2.25. The molecule has 2 unspecified atom stereocenters. The molecule has 16 heavy (non-hydrogen) atoms. The average Bonchev–Trinajstić information content (AvgIpc) is 2.26. The van der Waals surface area contributed by atoms with Crippen LogP contribution in [0, 0.1) is 5.92 Å². The van der Waals surface area contributed by atoms with E-state index >= 15 is 0 Å². The van der Waals surface area contributed by atoms with Crippen LogP contribution >= 0.6 is 0 Å². The molecule has 0 aromatic carbocycles. The summed E-state index contributed by atoms with van der Waals surface area (Å²) in [6.45, 7) is 2.62. The Kier molecular flexibility index (Phi) is 5.49. The van der Waals surface area contributed by atoms with Crippen LogP contribution in [-0.4, -0.2) is 35.4 Å². The van der Waals surface area contributed by atoms with Crippen LogP contribution in [0.15, 0.2) is 11.6 Å². The molecule has 0 aromatic rings. The van der Waals surface area contributed by atoms with E-state index in [0.29, 0.717) is 18.5 Å². The van der Waals surface area contributed by atoms with Gasteiger partial charge in [0.2, 0.25) is 0 Å². The molecule has 1 fully saturated rings. The lowest BCUT2D eigenvalue weighted by atomic mass is 9.85. The molecule has 4 heteroatoms. The lowest BCUT2D eigenvalue weighted by Crippen LogP contribution is -2.40. The molecule has 0 aliphatic heterocycles. The second kappa shape index (κ2) is 6.66. The molecule has 2 atom stereocenters. The van der Waals surface area contributed by atoms with Crippen molar-refractivity contribution in [2.75, 3.05) is 13.2 Å². The Morgan fingerprint density at radius 2 is 2.12 bits per heavy atom. The summed E-state index contributed by atoms with van der Waals surface area (Å²) in [4.78, 5) is 10.4. The Bertz CT molecular complexity index is 263. The molecule has 0 aromatic heterocycles. The molecular formula is C12H21NO3. The van der Waals surface area contributed by atoms with Crippen molar-refractivity contribution in [1.82, 2.24) is 5.32 Å². The molecule has 1 rings (SSSR count). The SMILES string of the molecule is CC(=CC(=O)O)CNC1CCCCC1CO. The molecule has 1 saturated carbocycles. The van der Waals surface area contributed by atoms with Crippen LogP contribution in [0.25, 0.3) is 0 Å². The third-order valence-corrected chi connectivity index (χ3v) is 3.16. The molecule has 0 saturated heterocycles. The van der Waals surface area contributed by atoms with Crippen LogP contribution in [0.2, 0.25) is 0 Å². The van der Waals surface area contributed by atoms with E-state index in [4.69, 9.17) is 5.11 Å². The van der Waals surface area contributed by atoms with Gasteiger partial charge in [-0.25, -0.2) is 4.79 Å². The lowest BCUT2D eigenvalue weighted by molar-refractivity contribution is -0.131. The maximum Gasteiger partial charge on any atom is 0.328 e. The van der Waals surface area contributed by atoms with Crippen LogP contribution in [0.5, 0.6) is 0 Å². The predicted molar refractivity (Wildman–Crippen MR) is 62.2 cm³/mol. The van der Waals surface area contributed by atoms with E-state index < -0.39 is 5.97 Å². The highest BCUT2D eigenvalue weighted by Crippen LogP contribution is 2.23. The fourth-order valence-electron chi connectivity index (χ4n) is 2.25. The summed E-state index contributed by atoms with van der Waals surface area (Å²) in [6.07, 6.45) is 5.74. The van der Waals surface area contributed by atoms with Crippen LogP contribution in [-0.2, 0) is 4.79 Å². The van der Waals surface area contributed by atoms with E-state index in [1.807, 2.05) is 0 Å². The zero-order valence-corrected chi connectivity index (χ0v) is 9.78. The summed E-state index contributed by atoms with van der Waals surface area (Å²) < 4.78 is 0. The average molecular weight is 227 g/mol. The van der Waals surface area contributed by atoms with Crippen molar-refractivity contribution in [3.05, 3.63) is 11.6 Å². The predicted octanol–water partition coefficient (Wildman–Crippen LogP) is 1.16. The van der Waals surface area contributed by atoms with E-state index in [0.717, 1.165) is 18.4 Å². The van der Waals surface area contributed by atoms with Crippen LogP contribution < -0.4 is 5.32 Å². The van der Waals surface area contributed by atoms with Gasteiger partial charge in [0.15, 0.2) is 0 Å². The van der Waals surface area contributed by atoms with Crippen LogP contribution in [0.1, 0.15) is 32.6 Å². The van der Waals surface area contributed by atoms with Gasteiger partial charge in [0, 0.05) is 25.3 Å². The summed E-state index contributed by atoms with van der Waals surface area (Å²) in [7, 11) is 0. The second-order valence-electron chi connectivity index (χ2n) is 4.54. The van der Waals surface area contributed by atoms with Gasteiger partial charge in [-0.05, 0) is 25.7 Å². The van der Waals surface area contributed by atoms with Crippen molar-refractivity contribution in [3.8, 4) is 0 Å². The second-order valence-corrected chi connectivity index (χ2v) is 4.54. The fraction of sp³-hybridized carbons (Fsp3) is 0.750. The van der Waals surface area contributed by atoms with Crippen molar-refractivity contribution in [1.29, 1.82) is 0 Å². The zero-order valence-electron chi connectivity index (χ0n) is 9.78. The van der Waals surface area contributed by atoms with Crippen molar-refractivity contribution in [2.45, 2.75) is 38.6 Å². The Balaban J connectivity index is 2.38. The highest BCUT2D eigenvalue weighted by Gasteiger charge is 2.23. The normalized spacial score (nSPS) is 26.8. The van der Waals surface area contributed by atoms with Gasteiger partial charge in [-0.3, -0.25) is 0 Å². The first-order valence-electron chi connectivity index (χ1n) is 5.88. The molecule has 1 aliphatic carbocycles. The smallest absolute Gasteiger partial charge is 0.328 e. The lowest BCUT2D eigenvalue weighted by Gasteiger charge is -2.31. The molecule has 0 bridgehead atoms. The third kappa shape index (κ3) is 4.33. The maximum atomic E-state index is 10.4. The molecule has 92 valence electrons. The highest BCUT2D eigenvalue weighted by molar-refractivity contribution is 5.80. The number of aliphatic carboxylic acids is 1. The standard InChI is InChI=1S/C12H21NO3/c1-9(6-12(15)16)7-13-11-5-3-2-4-10(11)8-14/h6,10-11,13-14H,2-5,7-8H2,1H3,(H,15,16). The Morgan fingerprint density at radius 1 is 1.44 bits per heavy atom. The third-order valence-electron chi connectivity index (χ3n) is 3.16. The van der Waals surface area contributed by atoms with Crippen molar-refractivity contribution >= 4 is 5.97 Å². The van der Waals surface area contributed by atoms with Gasteiger partial charge in [-0.1, -0.05) is 18.4 Å². The van der Waals surface area contributed by atoms with Gasteiger partial charge in [0.1, 0.15) is 0 Å². The number of carbonyl (C=O) groups is 1. The Hall–Kier alpha value is -0.870.